The smallest absolute Gasteiger partial charge is 0.504 e. The van der Waals surface area contributed by atoms with Crippen LogP contribution in [0.3, 0.4) is 0 Å². The summed E-state index contributed by atoms with van der Waals surface area (Å²) in [5.41, 5.74) is -1.31. The van der Waals surface area contributed by atoms with E-state index in [9.17, 15) is 32.1 Å². The van der Waals surface area contributed by atoms with Gasteiger partial charge in [0.2, 0.25) is 6.79 Å². The Hall–Kier alpha value is -4.43. The van der Waals surface area contributed by atoms with Gasteiger partial charge in [-0.15, -0.1) is 0 Å². The molecule has 4 aliphatic rings. The first kappa shape index (κ1) is 46.1. The zero-order chi connectivity index (χ0) is 44.4. The predicted octanol–water partition coefficient (Wildman–Crippen LogP) is 5.62. The molecular formula is C42H52F3N3O11S2. The van der Waals surface area contributed by atoms with Gasteiger partial charge in [-0.05, 0) is 101 Å². The quantitative estimate of drug-likeness (QED) is 0.206. The zero-order valence-electron chi connectivity index (χ0n) is 35.4. The number of phenols is 1. The number of alkyl halides is 3. The van der Waals surface area contributed by atoms with E-state index in [0.717, 1.165) is 16.7 Å². The molecule has 1 saturated heterocycles. The van der Waals surface area contributed by atoms with Gasteiger partial charge in [0.15, 0.2) is 40.0 Å². The van der Waals surface area contributed by atoms with E-state index in [1.165, 1.54) is 45.0 Å². The van der Waals surface area contributed by atoms with Crippen LogP contribution in [-0.4, -0.2) is 104 Å². The summed E-state index contributed by atoms with van der Waals surface area (Å²) in [5.74, 6) is 0.584. The Bertz CT molecular complexity index is 2190. The summed E-state index contributed by atoms with van der Waals surface area (Å²) in [7, 11) is 6.51. The fraction of sp³-hybridized carbons (Fsp3) is 0.524. The number of hydrogen-bond acceptors (Lipinski definition) is 15. The number of esters is 2. The average molecular weight is 896 g/mol. The molecule has 1 spiro atoms. The fourth-order valence-corrected chi connectivity index (χ4v) is 10.5. The molecule has 3 N–H and O–H groups in total. The van der Waals surface area contributed by atoms with Gasteiger partial charge in [-0.2, -0.15) is 24.9 Å². The SMILES string of the molecule is CNC.COc1cc2c(cc1OS(=O)C(F)(F)F)CCN[C@]21CSCC2Cc3c(cc(C)c(OC)c3O)CCCN2C(c2c(C)c(OC(C)=O)c(C)c3c2OCO3)COC1=O. The third-order valence-corrected chi connectivity index (χ3v) is 13.2. The molecule has 3 aromatic rings. The third-order valence-electron chi connectivity index (χ3n) is 11.2. The first-order valence-corrected chi connectivity index (χ1v) is 22.0. The van der Waals surface area contributed by atoms with E-state index >= 15 is 0 Å². The van der Waals surface area contributed by atoms with Crippen molar-refractivity contribution >= 4 is 34.8 Å². The molecule has 3 aromatic carbocycles. The second-order valence-electron chi connectivity index (χ2n) is 15.2. The number of carbonyl (C=O) groups is 2. The van der Waals surface area contributed by atoms with E-state index in [1.807, 2.05) is 27.9 Å². The minimum Gasteiger partial charge on any atom is -0.504 e. The summed E-state index contributed by atoms with van der Waals surface area (Å²) < 4.78 is 91.9. The number of aromatic hydroxyl groups is 1. The van der Waals surface area contributed by atoms with E-state index < -0.39 is 40.1 Å². The molecule has 0 bridgehead atoms. The number of nitrogens with one attached hydrogen (secondary N) is 2. The highest BCUT2D eigenvalue weighted by atomic mass is 32.2. The molecule has 4 aliphatic heterocycles. The van der Waals surface area contributed by atoms with Crippen LogP contribution >= 0.6 is 11.8 Å². The number of cyclic esters (lactones) is 1. The Labute approximate surface area is 359 Å². The second kappa shape index (κ2) is 18.9. The molecule has 19 heteroatoms. The molecular weight excluding hydrogens is 844 g/mol. The lowest BCUT2D eigenvalue weighted by atomic mass is 9.83. The fourth-order valence-electron chi connectivity index (χ4n) is 8.69. The van der Waals surface area contributed by atoms with Crippen molar-refractivity contribution in [1.29, 1.82) is 0 Å². The van der Waals surface area contributed by atoms with Gasteiger partial charge in [0.25, 0.3) is 0 Å². The molecule has 61 heavy (non-hydrogen) atoms. The van der Waals surface area contributed by atoms with E-state index in [1.54, 1.807) is 6.92 Å². The molecule has 7 rings (SSSR count). The number of methoxy groups -OCH3 is 2. The van der Waals surface area contributed by atoms with Crippen LogP contribution in [0.25, 0.3) is 0 Å². The minimum absolute atomic E-state index is 0.0709. The maximum atomic E-state index is 14.8. The number of ether oxygens (including phenoxy) is 6. The van der Waals surface area contributed by atoms with Crippen molar-refractivity contribution in [1.82, 2.24) is 15.5 Å². The van der Waals surface area contributed by atoms with Crippen LogP contribution in [0.15, 0.2) is 18.2 Å². The highest BCUT2D eigenvalue weighted by Crippen LogP contribution is 2.51. The number of benzene rings is 3. The summed E-state index contributed by atoms with van der Waals surface area (Å²) in [6.45, 7) is 7.38. The molecule has 0 radical (unpaired) electrons. The van der Waals surface area contributed by atoms with Crippen LogP contribution in [0.4, 0.5) is 13.2 Å². The number of nitrogens with zero attached hydrogens (tertiary/aromatic N) is 1. The molecule has 3 unspecified atom stereocenters. The Balaban J connectivity index is 0.00000201. The van der Waals surface area contributed by atoms with Gasteiger partial charge < -0.3 is 43.0 Å². The molecule has 0 amide bonds. The molecule has 0 aromatic heterocycles. The number of rotatable bonds is 6. The predicted molar refractivity (Wildman–Crippen MR) is 222 cm³/mol. The number of halogens is 3. The number of phenolic OH excluding ortho intramolecular Hbond substituents is 1. The normalized spacial score (nSPS) is 21.9. The van der Waals surface area contributed by atoms with Crippen molar-refractivity contribution in [3.63, 3.8) is 0 Å². The van der Waals surface area contributed by atoms with Crippen LogP contribution in [0.2, 0.25) is 0 Å². The summed E-state index contributed by atoms with van der Waals surface area (Å²) in [6.07, 6.45) is 2.06. The van der Waals surface area contributed by atoms with E-state index in [4.69, 9.17) is 32.6 Å². The summed E-state index contributed by atoms with van der Waals surface area (Å²) >= 11 is -2.18. The Kier molecular flexibility index (Phi) is 14.3. The van der Waals surface area contributed by atoms with E-state index in [0.29, 0.717) is 88.8 Å². The van der Waals surface area contributed by atoms with Crippen molar-refractivity contribution in [2.45, 2.75) is 76.5 Å². The number of aryl methyl sites for hydroxylation is 2. The third kappa shape index (κ3) is 9.07. The van der Waals surface area contributed by atoms with Gasteiger partial charge in [-0.25, -0.2) is 9.00 Å². The summed E-state index contributed by atoms with van der Waals surface area (Å²) in [4.78, 5) is 29.4. The summed E-state index contributed by atoms with van der Waals surface area (Å²) in [5, 5.41) is 17.8. The standard InChI is InChI=1S/C40H45F3N2O11S2.C2H7N/c1-20-12-24-8-7-11-45-26(14-27(24)33(47)34(20)51-6)17-57-18-39(28-15-30(50-5)31(13-25(28)9-10-44-39)56-58(49)40(41,42)43)38(48)52-16-29(45)32-21(2)35(55-23(4)46)22(3)36-37(32)54-19-53-36;1-3-2/h12-13,15,26,29,44,47H,7-11,14,16-19H2,1-6H3;3H,1-2H3/t26?,29?,39-,58?;/m1./s1. The van der Waals surface area contributed by atoms with Gasteiger partial charge in [-0.1, -0.05) is 6.07 Å². The lowest BCUT2D eigenvalue weighted by Crippen LogP contribution is -2.57. The summed E-state index contributed by atoms with van der Waals surface area (Å²) in [6, 6.07) is 3.88. The van der Waals surface area contributed by atoms with Gasteiger partial charge in [-0.3, -0.25) is 15.0 Å². The van der Waals surface area contributed by atoms with Gasteiger partial charge in [0.1, 0.15) is 12.4 Å². The Morgan fingerprint density at radius 1 is 1.02 bits per heavy atom. The molecule has 14 nitrogen and oxygen atoms in total. The number of hydrogen-bond donors (Lipinski definition) is 3. The lowest BCUT2D eigenvalue weighted by molar-refractivity contribution is -0.154. The molecule has 4 atom stereocenters. The maximum absolute atomic E-state index is 14.8. The second-order valence-corrected chi connectivity index (χ2v) is 17.3. The van der Waals surface area contributed by atoms with Crippen LogP contribution < -0.4 is 38.5 Å². The van der Waals surface area contributed by atoms with Crippen molar-refractivity contribution < 1.29 is 64.7 Å². The van der Waals surface area contributed by atoms with Crippen molar-refractivity contribution in [2.75, 3.05) is 66.3 Å². The van der Waals surface area contributed by atoms with Gasteiger partial charge in [0.05, 0.1) is 20.3 Å². The van der Waals surface area contributed by atoms with Crippen molar-refractivity contribution in [2.24, 2.45) is 0 Å². The minimum atomic E-state index is -5.13. The maximum Gasteiger partial charge on any atom is 0.508 e. The van der Waals surface area contributed by atoms with Crippen molar-refractivity contribution in [3.05, 3.63) is 62.7 Å². The molecule has 0 saturated carbocycles. The highest BCUT2D eigenvalue weighted by molar-refractivity contribution is 7.99. The molecule has 0 aliphatic carbocycles. The van der Waals surface area contributed by atoms with Crippen molar-refractivity contribution in [3.8, 4) is 40.2 Å². The van der Waals surface area contributed by atoms with Crippen LogP contribution in [-0.2, 0) is 50.2 Å². The topological polar surface area (TPSA) is 163 Å². The molecule has 1 fully saturated rings. The van der Waals surface area contributed by atoms with Gasteiger partial charge >= 0.3 is 28.5 Å². The number of thioether (sulfide) groups is 1. The Morgan fingerprint density at radius 2 is 1.74 bits per heavy atom. The van der Waals surface area contributed by atoms with Crippen LogP contribution in [0.5, 0.6) is 40.2 Å². The largest absolute Gasteiger partial charge is 0.508 e. The van der Waals surface area contributed by atoms with Crippen LogP contribution in [0, 0.1) is 20.8 Å². The monoisotopic (exact) mass is 895 g/mol. The van der Waals surface area contributed by atoms with Gasteiger partial charge in [0, 0.05) is 53.3 Å². The van der Waals surface area contributed by atoms with E-state index in [-0.39, 0.29) is 49.0 Å². The first-order chi connectivity index (χ1) is 29.0. The first-order valence-electron chi connectivity index (χ1n) is 19.7. The average Bonchev–Trinajstić information content (AvgIpc) is 3.69. The van der Waals surface area contributed by atoms with E-state index in [2.05, 4.69) is 21.6 Å². The Morgan fingerprint density at radius 3 is 2.41 bits per heavy atom. The highest BCUT2D eigenvalue weighted by Gasteiger charge is 2.49. The molecule has 334 valence electrons. The number of fused-ring (bicyclic) bond motifs is 5. The van der Waals surface area contributed by atoms with Crippen LogP contribution in [0.1, 0.15) is 63.9 Å². The number of carbonyl (C=O) groups excluding carboxylic acids is 2. The lowest BCUT2D eigenvalue weighted by Gasteiger charge is -2.44. The molecule has 4 heterocycles. The zero-order valence-corrected chi connectivity index (χ0v) is 37.0.